The van der Waals surface area contributed by atoms with Crippen LogP contribution in [-0.4, -0.2) is 126 Å². The van der Waals surface area contributed by atoms with Crippen LogP contribution < -0.4 is 30.9 Å². The van der Waals surface area contributed by atoms with Crippen molar-refractivity contribution in [3.8, 4) is 17.6 Å². The number of piperidine rings is 2. The van der Waals surface area contributed by atoms with E-state index in [1.165, 1.54) is 6.20 Å². The number of nitrogens with one attached hydrogen (secondary N) is 3. The molecule has 4 aliphatic rings. The molecular weight excluding hydrogens is 815 g/mol. The minimum atomic E-state index is -2.56. The fourth-order valence-corrected chi connectivity index (χ4v) is 9.85. The zero-order chi connectivity index (χ0) is 42.7. The predicted octanol–water partition coefficient (Wildman–Crippen LogP) is 5.06. The average Bonchev–Trinajstić information content (AvgIpc) is 3.60. The fraction of sp³-hybridized carbons (Fsp3) is 0.409. The highest BCUT2D eigenvalue weighted by Gasteiger charge is 2.39. The van der Waals surface area contributed by atoms with Gasteiger partial charge in [-0.05, 0) is 62.4 Å². The molecule has 0 bridgehead atoms. The van der Waals surface area contributed by atoms with Crippen molar-refractivity contribution in [3.05, 3.63) is 82.6 Å². The van der Waals surface area contributed by atoms with Crippen LogP contribution in [0, 0.1) is 11.8 Å². The number of pyridine rings is 1. The highest BCUT2D eigenvalue weighted by atomic mass is 35.5. The van der Waals surface area contributed by atoms with Gasteiger partial charge in [-0.15, -0.1) is 0 Å². The summed E-state index contributed by atoms with van der Waals surface area (Å²) in [5, 5.41) is 9.85. The quantitative estimate of drug-likeness (QED) is 0.104. The summed E-state index contributed by atoms with van der Waals surface area (Å²) in [5.74, 6) is 7.90. The average molecular weight is 865 g/mol. The van der Waals surface area contributed by atoms with Crippen LogP contribution in [-0.2, 0) is 20.7 Å². The Labute approximate surface area is 361 Å². The van der Waals surface area contributed by atoms with Crippen LogP contribution in [0.4, 0.5) is 29.0 Å². The van der Waals surface area contributed by atoms with E-state index < -0.39 is 19.1 Å². The standard InChI is InChI=1S/C44H50ClN10O5P/c1-60-37-25-39(46-27-35(37)49-44-47-26-33(45)41(51-44)48-34-12-4-5-13-38(34)61(2,3)59)54-19-16-30(17-20-54)53-23-21-52(22-24-53)18-7-6-9-29-10-8-11-31-32(29)28-55(43(31)58)36-14-15-40(56)50-42(36)57/h4-5,8,10-13,25-27,30,36H,7,14-24,28H2,1-3H3,(H,50,56,57)(H2,47,48,49,51). The number of halogens is 1. The number of amides is 3. The molecule has 1 unspecified atom stereocenters. The number of benzene rings is 2. The molecule has 15 nitrogen and oxygen atoms in total. The zero-order valence-corrected chi connectivity index (χ0v) is 36.3. The third-order valence-electron chi connectivity index (χ3n) is 11.9. The molecule has 2 aromatic heterocycles. The van der Waals surface area contributed by atoms with Crippen molar-refractivity contribution in [1.82, 2.24) is 35.0 Å². The topological polar surface area (TPSA) is 165 Å². The van der Waals surface area contributed by atoms with Gasteiger partial charge in [0.05, 0.1) is 25.2 Å². The van der Waals surface area contributed by atoms with E-state index in [-0.39, 0.29) is 18.2 Å². The molecule has 4 aromatic rings. The van der Waals surface area contributed by atoms with Crippen LogP contribution in [0.15, 0.2) is 60.9 Å². The van der Waals surface area contributed by atoms with Crippen molar-refractivity contribution in [3.63, 3.8) is 0 Å². The molecule has 3 amide bonds. The molecule has 3 saturated heterocycles. The van der Waals surface area contributed by atoms with Crippen molar-refractivity contribution in [2.75, 3.05) is 81.8 Å². The maximum absolute atomic E-state index is 13.2. The van der Waals surface area contributed by atoms with Crippen molar-refractivity contribution in [2.45, 2.75) is 50.7 Å². The maximum Gasteiger partial charge on any atom is 0.255 e. The Morgan fingerprint density at radius 2 is 1.72 bits per heavy atom. The number of imide groups is 1. The first-order valence-corrected chi connectivity index (χ1v) is 23.6. The third-order valence-corrected chi connectivity index (χ3v) is 13.7. The van der Waals surface area contributed by atoms with Crippen LogP contribution >= 0.6 is 18.7 Å². The van der Waals surface area contributed by atoms with E-state index in [4.69, 9.17) is 21.3 Å². The molecule has 4 aliphatic heterocycles. The van der Waals surface area contributed by atoms with Crippen LogP contribution in [0.25, 0.3) is 0 Å². The Kier molecular flexibility index (Phi) is 12.6. The van der Waals surface area contributed by atoms with Gasteiger partial charge in [-0.3, -0.25) is 29.5 Å². The number of methoxy groups -OCH3 is 1. The van der Waals surface area contributed by atoms with Crippen LogP contribution in [0.5, 0.6) is 5.75 Å². The maximum atomic E-state index is 13.2. The summed E-state index contributed by atoms with van der Waals surface area (Å²) in [7, 11) is -0.930. The number of anilines is 5. The summed E-state index contributed by atoms with van der Waals surface area (Å²) >= 11 is 6.47. The summed E-state index contributed by atoms with van der Waals surface area (Å²) in [5.41, 5.74) is 3.54. The number of fused-ring (bicyclic) bond motifs is 1. The molecule has 2 aromatic carbocycles. The smallest absolute Gasteiger partial charge is 0.255 e. The summed E-state index contributed by atoms with van der Waals surface area (Å²) in [6.07, 6.45) is 6.63. The third kappa shape index (κ3) is 9.53. The summed E-state index contributed by atoms with van der Waals surface area (Å²) in [6, 6.07) is 14.8. The number of piperazine rings is 1. The minimum absolute atomic E-state index is 0.183. The lowest BCUT2D eigenvalue weighted by Crippen LogP contribution is -2.53. The molecule has 6 heterocycles. The lowest BCUT2D eigenvalue weighted by molar-refractivity contribution is -0.136. The number of para-hydroxylation sites is 1. The number of nitrogens with zero attached hydrogens (tertiary/aromatic N) is 7. The molecule has 8 rings (SSSR count). The van der Waals surface area contributed by atoms with Gasteiger partial charge < -0.3 is 29.7 Å². The van der Waals surface area contributed by atoms with Gasteiger partial charge in [0.15, 0.2) is 5.82 Å². The molecular formula is C44H50ClN10O5P. The van der Waals surface area contributed by atoms with E-state index in [1.54, 1.807) is 37.6 Å². The Balaban J connectivity index is 0.801. The van der Waals surface area contributed by atoms with Crippen molar-refractivity contribution in [1.29, 1.82) is 0 Å². The highest BCUT2D eigenvalue weighted by molar-refractivity contribution is 7.70. The van der Waals surface area contributed by atoms with Gasteiger partial charge in [-0.2, -0.15) is 4.98 Å². The van der Waals surface area contributed by atoms with Crippen molar-refractivity contribution in [2.24, 2.45) is 0 Å². The molecule has 318 valence electrons. The van der Waals surface area contributed by atoms with Gasteiger partial charge in [0.2, 0.25) is 17.8 Å². The lowest BCUT2D eigenvalue weighted by Gasteiger charge is -2.43. The number of hydrogen-bond donors (Lipinski definition) is 3. The van der Waals surface area contributed by atoms with Gasteiger partial charge in [-0.25, -0.2) is 9.97 Å². The number of carbonyl (C=O) groups is 3. The van der Waals surface area contributed by atoms with E-state index in [1.807, 2.05) is 42.5 Å². The zero-order valence-electron chi connectivity index (χ0n) is 34.6. The highest BCUT2D eigenvalue weighted by Crippen LogP contribution is 2.39. The number of ether oxygens (including phenoxy) is 1. The summed E-state index contributed by atoms with van der Waals surface area (Å²) in [4.78, 5) is 60.0. The Hall–Kier alpha value is -5.52. The van der Waals surface area contributed by atoms with Gasteiger partial charge in [0.1, 0.15) is 35.5 Å². The van der Waals surface area contributed by atoms with Crippen molar-refractivity contribution < 1.29 is 23.7 Å². The fourth-order valence-electron chi connectivity index (χ4n) is 8.56. The summed E-state index contributed by atoms with van der Waals surface area (Å²) in [6.45, 7) is 10.5. The molecule has 3 fully saturated rings. The largest absolute Gasteiger partial charge is 0.494 e. The molecule has 0 spiro atoms. The number of hydrogen-bond acceptors (Lipinski definition) is 13. The first kappa shape index (κ1) is 42.2. The second kappa shape index (κ2) is 18.2. The van der Waals surface area contributed by atoms with E-state index in [2.05, 4.69) is 52.5 Å². The molecule has 17 heteroatoms. The number of aromatic nitrogens is 3. The molecule has 3 N–H and O–H groups in total. The van der Waals surface area contributed by atoms with E-state index in [0.717, 1.165) is 82.0 Å². The van der Waals surface area contributed by atoms with Crippen LogP contribution in [0.1, 0.15) is 53.6 Å². The predicted molar refractivity (Wildman–Crippen MR) is 237 cm³/mol. The monoisotopic (exact) mass is 864 g/mol. The Morgan fingerprint density at radius 3 is 2.48 bits per heavy atom. The van der Waals surface area contributed by atoms with Crippen molar-refractivity contribution >= 4 is 70.7 Å². The first-order chi connectivity index (χ1) is 29.4. The normalized spacial score (nSPS) is 19.0. The van der Waals surface area contributed by atoms with E-state index in [0.29, 0.717) is 63.8 Å². The SMILES string of the molecule is COc1cc(N2CCC(N3CCN(CCC#Cc4cccc5c4CN(C4CCC(=O)NC4=O)C5=O)CC3)CC2)ncc1Nc1ncc(Cl)c(Nc2ccccc2P(C)(C)=O)n1. The van der Waals surface area contributed by atoms with E-state index in [9.17, 15) is 18.9 Å². The lowest BCUT2D eigenvalue weighted by atomic mass is 10.0. The van der Waals surface area contributed by atoms with Crippen LogP contribution in [0.2, 0.25) is 5.02 Å². The molecule has 0 aliphatic carbocycles. The molecule has 0 radical (unpaired) electrons. The van der Waals surface area contributed by atoms with Crippen LogP contribution in [0.3, 0.4) is 0 Å². The Morgan fingerprint density at radius 1 is 0.934 bits per heavy atom. The molecule has 1 atom stereocenters. The van der Waals surface area contributed by atoms with Gasteiger partial charge in [0.25, 0.3) is 5.91 Å². The van der Waals surface area contributed by atoms with Gasteiger partial charge in [0, 0.05) is 93.7 Å². The molecule has 61 heavy (non-hydrogen) atoms. The minimum Gasteiger partial charge on any atom is -0.494 e. The Bertz CT molecular complexity index is 2440. The number of carbonyl (C=O) groups excluding carboxylic acids is 3. The van der Waals surface area contributed by atoms with Gasteiger partial charge >= 0.3 is 0 Å². The molecule has 0 saturated carbocycles. The summed E-state index contributed by atoms with van der Waals surface area (Å²) < 4.78 is 18.7. The first-order valence-electron chi connectivity index (χ1n) is 20.7. The van der Waals surface area contributed by atoms with E-state index >= 15 is 0 Å². The number of rotatable bonds is 11. The van der Waals surface area contributed by atoms with Gasteiger partial charge in [-0.1, -0.05) is 41.6 Å². The second-order valence-corrected chi connectivity index (χ2v) is 19.7. The second-order valence-electron chi connectivity index (χ2n) is 16.1.